The average molecular weight is 209 g/mol. The van der Waals surface area contributed by atoms with Crippen molar-refractivity contribution in [1.82, 2.24) is 9.97 Å². The number of likely N-dealkylation sites (N-methyl/N-ethyl adjacent to an activating group) is 1. The molecule has 1 aromatic rings. The third-order valence-electron chi connectivity index (χ3n) is 1.92. The maximum absolute atomic E-state index is 10.8. The number of rotatable bonds is 5. The van der Waals surface area contributed by atoms with E-state index in [2.05, 4.69) is 15.3 Å². The third-order valence-corrected chi connectivity index (χ3v) is 1.92. The minimum absolute atomic E-state index is 0.163. The smallest absolute Gasteiger partial charge is 0.236 e. The second-order valence-corrected chi connectivity index (χ2v) is 2.97. The number of anilines is 2. The highest BCUT2D eigenvalue weighted by Gasteiger charge is 2.09. The largest absolute Gasteiger partial charge is 0.368 e. The first-order valence-electron chi connectivity index (χ1n) is 4.71. The number of primary amides is 1. The van der Waals surface area contributed by atoms with Crippen molar-refractivity contribution in [2.24, 2.45) is 5.73 Å². The van der Waals surface area contributed by atoms with Gasteiger partial charge in [-0.15, -0.1) is 0 Å². The second-order valence-electron chi connectivity index (χ2n) is 2.97. The van der Waals surface area contributed by atoms with Crippen molar-refractivity contribution in [1.29, 1.82) is 0 Å². The van der Waals surface area contributed by atoms with Gasteiger partial charge >= 0.3 is 0 Å². The van der Waals surface area contributed by atoms with Gasteiger partial charge in [-0.2, -0.15) is 4.98 Å². The van der Waals surface area contributed by atoms with Crippen molar-refractivity contribution in [3.63, 3.8) is 0 Å². The Morgan fingerprint density at radius 1 is 1.67 bits per heavy atom. The van der Waals surface area contributed by atoms with Crippen molar-refractivity contribution in [2.45, 2.75) is 6.92 Å². The van der Waals surface area contributed by atoms with Crippen LogP contribution in [0.25, 0.3) is 0 Å². The molecule has 0 aromatic carbocycles. The fourth-order valence-corrected chi connectivity index (χ4v) is 1.19. The average Bonchev–Trinajstić information content (AvgIpc) is 2.25. The van der Waals surface area contributed by atoms with E-state index in [4.69, 9.17) is 5.73 Å². The van der Waals surface area contributed by atoms with Crippen molar-refractivity contribution in [2.75, 3.05) is 30.4 Å². The standard InChI is InChI=1S/C9H15N5O/c1-3-14(6-7(10)15)8-4-5-12-9(11-2)13-8/h4-5H,3,6H2,1-2H3,(H2,10,15)(H,11,12,13). The Morgan fingerprint density at radius 3 is 2.93 bits per heavy atom. The van der Waals surface area contributed by atoms with Gasteiger partial charge in [-0.05, 0) is 13.0 Å². The van der Waals surface area contributed by atoms with E-state index in [9.17, 15) is 4.79 Å². The van der Waals surface area contributed by atoms with Crippen molar-refractivity contribution >= 4 is 17.7 Å². The minimum atomic E-state index is -0.374. The van der Waals surface area contributed by atoms with Crippen molar-refractivity contribution < 1.29 is 4.79 Å². The zero-order chi connectivity index (χ0) is 11.3. The van der Waals surface area contributed by atoms with E-state index in [-0.39, 0.29) is 12.5 Å². The molecule has 0 bridgehead atoms. The predicted molar refractivity (Wildman–Crippen MR) is 58.7 cm³/mol. The first-order valence-corrected chi connectivity index (χ1v) is 4.71. The van der Waals surface area contributed by atoms with E-state index >= 15 is 0 Å². The topological polar surface area (TPSA) is 84.1 Å². The van der Waals surface area contributed by atoms with Gasteiger partial charge < -0.3 is 16.0 Å². The van der Waals surface area contributed by atoms with Gasteiger partial charge in [0.05, 0.1) is 6.54 Å². The van der Waals surface area contributed by atoms with Crippen LogP contribution in [0, 0.1) is 0 Å². The highest BCUT2D eigenvalue weighted by Crippen LogP contribution is 2.10. The van der Waals surface area contributed by atoms with Gasteiger partial charge in [0.15, 0.2) is 0 Å². The number of carbonyl (C=O) groups excluding carboxylic acids is 1. The summed E-state index contributed by atoms with van der Waals surface area (Å²) in [6.07, 6.45) is 1.64. The van der Waals surface area contributed by atoms with Crippen LogP contribution in [0.1, 0.15) is 6.92 Å². The van der Waals surface area contributed by atoms with Crippen LogP contribution >= 0.6 is 0 Å². The van der Waals surface area contributed by atoms with E-state index < -0.39 is 0 Å². The van der Waals surface area contributed by atoms with Crippen LogP contribution in [-0.2, 0) is 4.79 Å². The van der Waals surface area contributed by atoms with Crippen LogP contribution in [0.3, 0.4) is 0 Å². The lowest BCUT2D eigenvalue weighted by atomic mass is 10.4. The molecule has 82 valence electrons. The van der Waals surface area contributed by atoms with E-state index in [0.29, 0.717) is 18.3 Å². The first-order chi connectivity index (χ1) is 7.17. The third kappa shape index (κ3) is 3.08. The highest BCUT2D eigenvalue weighted by atomic mass is 16.1. The SMILES string of the molecule is CCN(CC(N)=O)c1ccnc(NC)n1. The summed E-state index contributed by atoms with van der Waals surface area (Å²) in [6, 6.07) is 1.74. The molecule has 0 aliphatic heterocycles. The lowest BCUT2D eigenvalue weighted by molar-refractivity contribution is -0.116. The summed E-state index contributed by atoms with van der Waals surface area (Å²) >= 11 is 0. The van der Waals surface area contributed by atoms with E-state index in [1.54, 1.807) is 24.2 Å². The lowest BCUT2D eigenvalue weighted by Crippen LogP contribution is -2.34. The molecule has 0 spiro atoms. The van der Waals surface area contributed by atoms with Crippen LogP contribution in [0.15, 0.2) is 12.3 Å². The number of hydrogen-bond donors (Lipinski definition) is 2. The molecule has 6 heteroatoms. The second kappa shape index (κ2) is 5.14. The van der Waals surface area contributed by atoms with Crippen molar-refractivity contribution in [3.8, 4) is 0 Å². The first kappa shape index (κ1) is 11.2. The number of aromatic nitrogens is 2. The molecule has 0 aliphatic carbocycles. The number of carbonyl (C=O) groups is 1. The molecule has 0 aliphatic rings. The van der Waals surface area contributed by atoms with Crippen LogP contribution in [0.5, 0.6) is 0 Å². The summed E-state index contributed by atoms with van der Waals surface area (Å²) in [5.74, 6) is 0.840. The molecule has 6 nitrogen and oxygen atoms in total. The van der Waals surface area contributed by atoms with Gasteiger partial charge in [-0.25, -0.2) is 4.98 Å². The van der Waals surface area contributed by atoms with Crippen LogP contribution < -0.4 is 16.0 Å². The highest BCUT2D eigenvalue weighted by molar-refractivity contribution is 5.79. The summed E-state index contributed by atoms with van der Waals surface area (Å²) in [7, 11) is 1.74. The van der Waals surface area contributed by atoms with Gasteiger partial charge in [-0.3, -0.25) is 4.79 Å². The molecule has 1 amide bonds. The quantitative estimate of drug-likeness (QED) is 0.703. The number of nitrogens with zero attached hydrogens (tertiary/aromatic N) is 3. The molecule has 0 unspecified atom stereocenters. The summed E-state index contributed by atoms with van der Waals surface area (Å²) < 4.78 is 0. The summed E-state index contributed by atoms with van der Waals surface area (Å²) in [4.78, 5) is 20.8. The number of amides is 1. The van der Waals surface area contributed by atoms with Gasteiger partial charge in [0.1, 0.15) is 5.82 Å². The summed E-state index contributed by atoms with van der Waals surface area (Å²) in [6.45, 7) is 2.77. The fourth-order valence-electron chi connectivity index (χ4n) is 1.19. The molecular weight excluding hydrogens is 194 g/mol. The maximum atomic E-state index is 10.8. The van der Waals surface area contributed by atoms with E-state index in [1.807, 2.05) is 6.92 Å². The van der Waals surface area contributed by atoms with E-state index in [0.717, 1.165) is 0 Å². The van der Waals surface area contributed by atoms with Crippen LogP contribution in [-0.4, -0.2) is 36.0 Å². The van der Waals surface area contributed by atoms with Crippen molar-refractivity contribution in [3.05, 3.63) is 12.3 Å². The molecule has 1 rings (SSSR count). The van der Waals surface area contributed by atoms with Gasteiger partial charge in [0.25, 0.3) is 0 Å². The molecule has 15 heavy (non-hydrogen) atoms. The fraction of sp³-hybridized carbons (Fsp3) is 0.444. The minimum Gasteiger partial charge on any atom is -0.368 e. The normalized spacial score (nSPS) is 9.73. The zero-order valence-electron chi connectivity index (χ0n) is 8.90. The Hall–Kier alpha value is -1.85. The Kier molecular flexibility index (Phi) is 3.84. The van der Waals surface area contributed by atoms with Gasteiger partial charge in [0, 0.05) is 19.8 Å². The molecular formula is C9H15N5O. The Balaban J connectivity index is 2.85. The molecule has 1 heterocycles. The number of nitrogens with one attached hydrogen (secondary N) is 1. The maximum Gasteiger partial charge on any atom is 0.236 e. The molecule has 0 saturated carbocycles. The van der Waals surface area contributed by atoms with Gasteiger partial charge in [0.2, 0.25) is 11.9 Å². The zero-order valence-corrected chi connectivity index (χ0v) is 8.90. The molecule has 0 saturated heterocycles. The predicted octanol–water partition coefficient (Wildman–Crippen LogP) is -0.170. The molecule has 3 N–H and O–H groups in total. The molecule has 1 aromatic heterocycles. The lowest BCUT2D eigenvalue weighted by Gasteiger charge is -2.19. The van der Waals surface area contributed by atoms with Gasteiger partial charge in [-0.1, -0.05) is 0 Å². The monoisotopic (exact) mass is 209 g/mol. The molecule has 0 radical (unpaired) electrons. The van der Waals surface area contributed by atoms with E-state index in [1.165, 1.54) is 0 Å². The summed E-state index contributed by atoms with van der Waals surface area (Å²) in [5, 5.41) is 2.83. The number of hydrogen-bond acceptors (Lipinski definition) is 5. The Morgan fingerprint density at radius 2 is 2.40 bits per heavy atom. The van der Waals surface area contributed by atoms with Crippen LogP contribution in [0.4, 0.5) is 11.8 Å². The Labute approximate surface area is 88.5 Å². The summed E-state index contributed by atoms with van der Waals surface area (Å²) in [5.41, 5.74) is 5.14. The van der Waals surface area contributed by atoms with Crippen LogP contribution in [0.2, 0.25) is 0 Å². The molecule has 0 fully saturated rings. The molecule has 0 atom stereocenters. The Bertz CT molecular complexity index is 341. The number of nitrogens with two attached hydrogens (primary N) is 1.